The highest BCUT2D eigenvalue weighted by Crippen LogP contribution is 2.30. The van der Waals surface area contributed by atoms with Crippen molar-refractivity contribution in [2.24, 2.45) is 0 Å². The summed E-state index contributed by atoms with van der Waals surface area (Å²) in [5.41, 5.74) is 0.388. The Morgan fingerprint density at radius 3 is 2.82 bits per heavy atom. The van der Waals surface area contributed by atoms with Crippen LogP contribution in [0.4, 0.5) is 0 Å². The molecule has 0 N–H and O–H groups in total. The second-order valence-corrected chi connectivity index (χ2v) is 4.45. The number of hydrogen-bond donors (Lipinski definition) is 0. The molecule has 9 heteroatoms. The molecule has 0 radical (unpaired) electrons. The third kappa shape index (κ3) is 3.19. The van der Waals surface area contributed by atoms with Gasteiger partial charge in [-0.25, -0.2) is 4.68 Å². The number of ketones is 1. The molecule has 2 aromatic rings. The predicted octanol–water partition coefficient (Wildman–Crippen LogP) is -0.130. The maximum atomic E-state index is 12.0. The SMILES string of the molecule is O=C(Cn1cnnn1)OCC(=O)c1ccc2c(c1)OCCO2. The summed E-state index contributed by atoms with van der Waals surface area (Å²) in [5.74, 6) is 0.177. The Labute approximate surface area is 124 Å². The van der Waals surface area contributed by atoms with Gasteiger partial charge in [0.2, 0.25) is 0 Å². The van der Waals surface area contributed by atoms with Gasteiger partial charge < -0.3 is 14.2 Å². The van der Waals surface area contributed by atoms with Crippen LogP contribution in [0.2, 0.25) is 0 Å². The van der Waals surface area contributed by atoms with E-state index < -0.39 is 5.97 Å². The first-order valence-corrected chi connectivity index (χ1v) is 6.51. The molecule has 9 nitrogen and oxygen atoms in total. The summed E-state index contributed by atoms with van der Waals surface area (Å²) >= 11 is 0. The average molecular weight is 304 g/mol. The minimum absolute atomic E-state index is 0.151. The lowest BCUT2D eigenvalue weighted by atomic mass is 10.1. The van der Waals surface area contributed by atoms with Gasteiger partial charge in [0.1, 0.15) is 26.1 Å². The standard InChI is InChI=1S/C13H12N4O5/c18-10(7-22-13(19)6-17-8-14-15-16-17)9-1-2-11-12(5-9)21-4-3-20-11/h1-2,5,8H,3-4,6-7H2. The number of nitrogens with zero attached hydrogens (tertiary/aromatic N) is 4. The van der Waals surface area contributed by atoms with E-state index in [0.29, 0.717) is 30.3 Å². The second-order valence-electron chi connectivity index (χ2n) is 4.45. The molecular formula is C13H12N4O5. The molecule has 0 amide bonds. The van der Waals surface area contributed by atoms with Gasteiger partial charge in [-0.05, 0) is 28.6 Å². The molecule has 1 aromatic heterocycles. The summed E-state index contributed by atoms with van der Waals surface area (Å²) < 4.78 is 16.9. The van der Waals surface area contributed by atoms with Crippen LogP contribution in [0.25, 0.3) is 0 Å². The predicted molar refractivity (Wildman–Crippen MR) is 70.5 cm³/mol. The van der Waals surface area contributed by atoms with Crippen LogP contribution in [-0.2, 0) is 16.1 Å². The Hall–Kier alpha value is -2.97. The van der Waals surface area contributed by atoms with E-state index in [1.807, 2.05) is 0 Å². The van der Waals surface area contributed by atoms with Crippen LogP contribution in [0.3, 0.4) is 0 Å². The number of benzene rings is 1. The first kappa shape index (κ1) is 14.0. The van der Waals surface area contributed by atoms with Crippen LogP contribution < -0.4 is 9.47 Å². The van der Waals surface area contributed by atoms with E-state index in [9.17, 15) is 9.59 Å². The van der Waals surface area contributed by atoms with Gasteiger partial charge in [-0.3, -0.25) is 9.59 Å². The van der Waals surface area contributed by atoms with Crippen LogP contribution in [0.15, 0.2) is 24.5 Å². The van der Waals surface area contributed by atoms with Crippen molar-refractivity contribution in [1.82, 2.24) is 20.2 Å². The van der Waals surface area contributed by atoms with E-state index in [2.05, 4.69) is 15.5 Å². The molecule has 22 heavy (non-hydrogen) atoms. The Morgan fingerprint density at radius 1 is 1.23 bits per heavy atom. The fraction of sp³-hybridized carbons (Fsp3) is 0.308. The first-order valence-electron chi connectivity index (χ1n) is 6.51. The van der Waals surface area contributed by atoms with Crippen molar-refractivity contribution in [3.63, 3.8) is 0 Å². The number of carbonyl (C=O) groups is 2. The zero-order chi connectivity index (χ0) is 15.4. The Kier molecular flexibility index (Phi) is 3.95. The number of aromatic nitrogens is 4. The number of hydrogen-bond acceptors (Lipinski definition) is 8. The van der Waals surface area contributed by atoms with E-state index in [4.69, 9.17) is 14.2 Å². The van der Waals surface area contributed by atoms with Crippen LogP contribution >= 0.6 is 0 Å². The number of ether oxygens (including phenoxy) is 3. The van der Waals surface area contributed by atoms with E-state index in [-0.39, 0.29) is 18.9 Å². The maximum absolute atomic E-state index is 12.0. The van der Waals surface area contributed by atoms with E-state index in [1.165, 1.54) is 11.0 Å². The zero-order valence-electron chi connectivity index (χ0n) is 11.5. The van der Waals surface area contributed by atoms with Gasteiger partial charge in [0.15, 0.2) is 23.9 Å². The van der Waals surface area contributed by atoms with Gasteiger partial charge in [0.05, 0.1) is 0 Å². The Morgan fingerprint density at radius 2 is 2.05 bits per heavy atom. The number of esters is 1. The third-order valence-electron chi connectivity index (χ3n) is 2.91. The highest BCUT2D eigenvalue weighted by atomic mass is 16.6. The van der Waals surface area contributed by atoms with E-state index in [0.717, 1.165) is 0 Å². The molecule has 0 unspecified atom stereocenters. The molecule has 1 aliphatic heterocycles. The smallest absolute Gasteiger partial charge is 0.328 e. The highest BCUT2D eigenvalue weighted by Gasteiger charge is 2.16. The molecule has 1 aliphatic rings. The fourth-order valence-electron chi connectivity index (χ4n) is 1.88. The highest BCUT2D eigenvalue weighted by molar-refractivity contribution is 5.98. The summed E-state index contributed by atoms with van der Waals surface area (Å²) in [6.45, 7) is 0.405. The first-order chi connectivity index (χ1) is 10.7. The lowest BCUT2D eigenvalue weighted by Gasteiger charge is -2.18. The van der Waals surface area contributed by atoms with Crippen molar-refractivity contribution in [2.45, 2.75) is 6.54 Å². The van der Waals surface area contributed by atoms with E-state index >= 15 is 0 Å². The number of carbonyl (C=O) groups excluding carboxylic acids is 2. The molecule has 0 fully saturated rings. The van der Waals surface area contributed by atoms with Gasteiger partial charge in [-0.15, -0.1) is 5.10 Å². The van der Waals surface area contributed by atoms with Gasteiger partial charge in [-0.2, -0.15) is 0 Å². The zero-order valence-corrected chi connectivity index (χ0v) is 11.5. The number of rotatable bonds is 5. The summed E-state index contributed by atoms with van der Waals surface area (Å²) in [4.78, 5) is 23.6. The fourth-order valence-corrected chi connectivity index (χ4v) is 1.88. The summed E-state index contributed by atoms with van der Waals surface area (Å²) in [6, 6.07) is 4.83. The third-order valence-corrected chi connectivity index (χ3v) is 2.91. The second kappa shape index (κ2) is 6.20. The maximum Gasteiger partial charge on any atom is 0.328 e. The molecule has 0 saturated carbocycles. The molecule has 1 aromatic carbocycles. The Bertz CT molecular complexity index is 686. The number of tetrazole rings is 1. The van der Waals surface area contributed by atoms with E-state index in [1.54, 1.807) is 18.2 Å². The van der Waals surface area contributed by atoms with Crippen molar-refractivity contribution in [3.05, 3.63) is 30.1 Å². The Balaban J connectivity index is 1.56. The quantitative estimate of drug-likeness (QED) is 0.555. The van der Waals surface area contributed by atoms with Crippen molar-refractivity contribution in [1.29, 1.82) is 0 Å². The molecule has 114 valence electrons. The van der Waals surface area contributed by atoms with Crippen LogP contribution in [0, 0.1) is 0 Å². The lowest BCUT2D eigenvalue weighted by molar-refractivity contribution is -0.143. The molecule has 0 saturated heterocycles. The topological polar surface area (TPSA) is 105 Å². The van der Waals surface area contributed by atoms with Crippen molar-refractivity contribution in [3.8, 4) is 11.5 Å². The molecule has 2 heterocycles. The molecule has 0 spiro atoms. The normalized spacial score (nSPS) is 12.7. The summed E-state index contributed by atoms with van der Waals surface area (Å²) in [5, 5.41) is 10.3. The number of fused-ring (bicyclic) bond motifs is 1. The van der Waals surface area contributed by atoms with Crippen LogP contribution in [0.1, 0.15) is 10.4 Å². The average Bonchev–Trinajstić information content (AvgIpc) is 3.05. The molecule has 0 bridgehead atoms. The number of Topliss-reactive ketones (excluding diaryl/α,β-unsaturated/α-hetero) is 1. The summed E-state index contributed by atoms with van der Waals surface area (Å²) in [7, 11) is 0. The van der Waals surface area contributed by atoms with Gasteiger partial charge >= 0.3 is 5.97 Å². The van der Waals surface area contributed by atoms with Crippen LogP contribution in [-0.4, -0.2) is 51.8 Å². The largest absolute Gasteiger partial charge is 0.486 e. The van der Waals surface area contributed by atoms with Crippen molar-refractivity contribution >= 4 is 11.8 Å². The van der Waals surface area contributed by atoms with Gasteiger partial charge in [0.25, 0.3) is 0 Å². The molecular weight excluding hydrogens is 292 g/mol. The monoisotopic (exact) mass is 304 g/mol. The summed E-state index contributed by atoms with van der Waals surface area (Å²) in [6.07, 6.45) is 1.28. The van der Waals surface area contributed by atoms with Crippen molar-refractivity contribution in [2.75, 3.05) is 19.8 Å². The molecule has 3 rings (SSSR count). The molecule has 0 atom stereocenters. The lowest BCUT2D eigenvalue weighted by Crippen LogP contribution is -2.19. The van der Waals surface area contributed by atoms with Crippen molar-refractivity contribution < 1.29 is 23.8 Å². The minimum Gasteiger partial charge on any atom is -0.486 e. The molecule has 0 aliphatic carbocycles. The van der Waals surface area contributed by atoms with Crippen LogP contribution in [0.5, 0.6) is 11.5 Å². The van der Waals surface area contributed by atoms with Gasteiger partial charge in [0, 0.05) is 5.56 Å². The van der Waals surface area contributed by atoms with Gasteiger partial charge in [-0.1, -0.05) is 0 Å². The minimum atomic E-state index is -0.599.